The molecule has 4 heterocycles. The predicted octanol–water partition coefficient (Wildman–Crippen LogP) is 3.32. The lowest BCUT2D eigenvalue weighted by atomic mass is 9.80. The highest BCUT2D eigenvalue weighted by molar-refractivity contribution is 9.10. The van der Waals surface area contributed by atoms with Gasteiger partial charge in [0.2, 0.25) is 0 Å². The molecular weight excluding hydrogens is 498 g/mol. The third-order valence-corrected chi connectivity index (χ3v) is 8.23. The summed E-state index contributed by atoms with van der Waals surface area (Å²) < 4.78 is 8.95. The highest BCUT2D eigenvalue weighted by Crippen LogP contribution is 2.52. The molecule has 2 aliphatic rings. The van der Waals surface area contributed by atoms with Crippen molar-refractivity contribution >= 4 is 43.7 Å². The first-order chi connectivity index (χ1) is 16.3. The Hall–Kier alpha value is -2.59. The number of ether oxygens (including phenoxy) is 1. The van der Waals surface area contributed by atoms with Gasteiger partial charge in [0.1, 0.15) is 23.9 Å². The number of hydrogen-bond donors (Lipinski definition) is 3. The number of hydrogen-bond acceptors (Lipinski definition) is 7. The van der Waals surface area contributed by atoms with E-state index >= 15 is 0 Å². The number of nitrogen functional groups attached to an aromatic ring is 1. The zero-order valence-electron chi connectivity index (χ0n) is 18.7. The maximum absolute atomic E-state index is 11.1. The number of benzene rings is 1. The molecule has 1 aliphatic heterocycles. The van der Waals surface area contributed by atoms with Crippen LogP contribution >= 0.6 is 15.9 Å². The molecule has 1 spiro atoms. The maximum Gasteiger partial charge on any atom is 0.143 e. The van der Waals surface area contributed by atoms with Crippen LogP contribution in [0.3, 0.4) is 0 Å². The molecule has 3 aromatic heterocycles. The molecule has 176 valence electrons. The molecule has 6 rings (SSSR count). The number of aliphatic hydroxyl groups is 2. The smallest absolute Gasteiger partial charge is 0.143 e. The van der Waals surface area contributed by atoms with Crippen LogP contribution in [0.25, 0.3) is 21.9 Å². The SMILES string of the molecule is Cc1ncnc2c1ccn2[C@@H]1C[C@@]2(CO[C@H](Cc3ccc4cc(Br)c(N)nc4c3)C2)[C@@H](O)[C@H]1O. The molecule has 4 N–H and O–H groups in total. The highest BCUT2D eigenvalue weighted by Gasteiger charge is 2.57. The van der Waals surface area contributed by atoms with E-state index in [9.17, 15) is 10.2 Å². The van der Waals surface area contributed by atoms with Crippen molar-refractivity contribution in [1.29, 1.82) is 0 Å². The zero-order valence-corrected chi connectivity index (χ0v) is 20.3. The van der Waals surface area contributed by atoms with Crippen molar-refractivity contribution in [3.8, 4) is 0 Å². The number of aliphatic hydroxyl groups excluding tert-OH is 2. The average Bonchev–Trinajstić information content (AvgIpc) is 3.49. The van der Waals surface area contributed by atoms with Crippen molar-refractivity contribution in [3.63, 3.8) is 0 Å². The molecule has 9 heteroatoms. The summed E-state index contributed by atoms with van der Waals surface area (Å²) in [6, 6.07) is 9.84. The normalized spacial score (nSPS) is 29.1. The van der Waals surface area contributed by atoms with Gasteiger partial charge in [-0.3, -0.25) is 0 Å². The van der Waals surface area contributed by atoms with Crippen LogP contribution in [-0.2, 0) is 11.2 Å². The van der Waals surface area contributed by atoms with Gasteiger partial charge in [0, 0.05) is 22.4 Å². The minimum absolute atomic E-state index is 0.0446. The van der Waals surface area contributed by atoms with E-state index in [2.05, 4.69) is 36.9 Å². The fraction of sp³-hybridized carbons (Fsp3) is 0.400. The van der Waals surface area contributed by atoms with E-state index in [1.54, 1.807) is 6.33 Å². The number of pyridine rings is 1. The van der Waals surface area contributed by atoms with Gasteiger partial charge in [-0.2, -0.15) is 0 Å². The van der Waals surface area contributed by atoms with Gasteiger partial charge < -0.3 is 25.3 Å². The van der Waals surface area contributed by atoms with Crippen molar-refractivity contribution in [1.82, 2.24) is 19.5 Å². The quantitative estimate of drug-likeness (QED) is 0.376. The Morgan fingerprint density at radius 1 is 1.21 bits per heavy atom. The zero-order chi connectivity index (χ0) is 23.6. The number of halogens is 1. The molecule has 0 amide bonds. The van der Waals surface area contributed by atoms with Gasteiger partial charge in [-0.15, -0.1) is 0 Å². The number of aryl methyl sites for hydroxylation is 1. The number of anilines is 1. The van der Waals surface area contributed by atoms with Gasteiger partial charge in [-0.1, -0.05) is 12.1 Å². The molecule has 2 fully saturated rings. The van der Waals surface area contributed by atoms with Crippen LogP contribution in [0.5, 0.6) is 0 Å². The summed E-state index contributed by atoms with van der Waals surface area (Å²) in [6.45, 7) is 2.37. The Bertz CT molecular complexity index is 1410. The topological polar surface area (TPSA) is 119 Å². The van der Waals surface area contributed by atoms with Crippen molar-refractivity contribution in [2.75, 3.05) is 12.3 Å². The van der Waals surface area contributed by atoms with Crippen LogP contribution in [0, 0.1) is 12.3 Å². The molecule has 0 radical (unpaired) electrons. The standard InChI is InChI=1S/C25H26BrN5O3/c1-13-17-4-5-31(24(17)29-12-28-13)20-10-25(22(33)21(20)32)9-16(34-11-25)6-14-2-3-15-8-18(26)23(27)30-19(15)7-14/h2-5,7-8,12,16,20-22,32-33H,6,9-11H2,1H3,(H2,27,30)/t16-,20-,21+,22+,25+/m1/s1. The molecule has 8 nitrogen and oxygen atoms in total. The van der Waals surface area contributed by atoms with Crippen LogP contribution in [-0.4, -0.2) is 54.7 Å². The largest absolute Gasteiger partial charge is 0.390 e. The van der Waals surface area contributed by atoms with E-state index in [0.717, 1.165) is 37.7 Å². The lowest BCUT2D eigenvalue weighted by Gasteiger charge is -2.26. The van der Waals surface area contributed by atoms with E-state index in [0.29, 0.717) is 31.7 Å². The molecule has 0 unspecified atom stereocenters. The van der Waals surface area contributed by atoms with E-state index in [-0.39, 0.29) is 12.1 Å². The molecule has 5 atom stereocenters. The summed E-state index contributed by atoms with van der Waals surface area (Å²) in [5, 5.41) is 24.1. The lowest BCUT2D eigenvalue weighted by Crippen LogP contribution is -2.37. The summed E-state index contributed by atoms with van der Waals surface area (Å²) in [5.74, 6) is 0.466. The average molecular weight is 524 g/mol. The fourth-order valence-corrected chi connectivity index (χ4v) is 6.12. The van der Waals surface area contributed by atoms with Crippen molar-refractivity contribution in [3.05, 3.63) is 58.6 Å². The van der Waals surface area contributed by atoms with Crippen LogP contribution < -0.4 is 5.73 Å². The summed E-state index contributed by atoms with van der Waals surface area (Å²) >= 11 is 3.43. The van der Waals surface area contributed by atoms with Gasteiger partial charge in [0.05, 0.1) is 40.5 Å². The molecule has 1 saturated carbocycles. The van der Waals surface area contributed by atoms with Crippen LogP contribution in [0.2, 0.25) is 0 Å². The van der Waals surface area contributed by atoms with Gasteiger partial charge >= 0.3 is 0 Å². The minimum Gasteiger partial charge on any atom is -0.390 e. The number of fused-ring (bicyclic) bond motifs is 2. The van der Waals surface area contributed by atoms with E-state index in [1.165, 1.54) is 0 Å². The summed E-state index contributed by atoms with van der Waals surface area (Å²) in [5.41, 5.74) is 9.11. The Morgan fingerprint density at radius 2 is 2.06 bits per heavy atom. The molecule has 0 bridgehead atoms. The Labute approximate surface area is 204 Å². The van der Waals surface area contributed by atoms with Crippen LogP contribution in [0.1, 0.15) is 30.1 Å². The summed E-state index contributed by atoms with van der Waals surface area (Å²) in [4.78, 5) is 13.2. The van der Waals surface area contributed by atoms with Crippen molar-refractivity contribution < 1.29 is 14.9 Å². The van der Waals surface area contributed by atoms with E-state index < -0.39 is 17.6 Å². The molecule has 1 aliphatic carbocycles. The van der Waals surface area contributed by atoms with Gasteiger partial charge in [-0.25, -0.2) is 15.0 Å². The molecule has 34 heavy (non-hydrogen) atoms. The minimum atomic E-state index is -0.889. The first-order valence-corrected chi connectivity index (χ1v) is 12.2. The number of aromatic nitrogens is 4. The molecule has 1 saturated heterocycles. The Morgan fingerprint density at radius 3 is 2.91 bits per heavy atom. The molecular formula is C25H26BrN5O3. The van der Waals surface area contributed by atoms with Gasteiger partial charge in [-0.05, 0) is 65.9 Å². The van der Waals surface area contributed by atoms with Crippen LogP contribution in [0.4, 0.5) is 5.82 Å². The number of nitrogens with zero attached hydrogens (tertiary/aromatic N) is 4. The predicted molar refractivity (Wildman–Crippen MR) is 132 cm³/mol. The summed E-state index contributed by atoms with van der Waals surface area (Å²) in [6.07, 6.45) is 3.70. The maximum atomic E-state index is 11.1. The van der Waals surface area contributed by atoms with E-state index in [1.807, 2.05) is 42.0 Å². The van der Waals surface area contributed by atoms with Gasteiger partial charge in [0.15, 0.2) is 0 Å². The van der Waals surface area contributed by atoms with Crippen molar-refractivity contribution in [2.24, 2.45) is 5.41 Å². The fourth-order valence-electron chi connectivity index (χ4n) is 5.78. The third-order valence-electron chi connectivity index (χ3n) is 7.59. The second-order valence-corrected chi connectivity index (χ2v) is 10.6. The molecule has 4 aromatic rings. The van der Waals surface area contributed by atoms with Crippen molar-refractivity contribution in [2.45, 2.75) is 50.5 Å². The monoisotopic (exact) mass is 523 g/mol. The first kappa shape index (κ1) is 21.9. The second-order valence-electron chi connectivity index (χ2n) is 9.71. The second kappa shape index (κ2) is 7.98. The first-order valence-electron chi connectivity index (χ1n) is 11.5. The lowest BCUT2D eigenvalue weighted by molar-refractivity contribution is -0.0308. The van der Waals surface area contributed by atoms with E-state index in [4.69, 9.17) is 10.5 Å². The third kappa shape index (κ3) is 3.41. The number of rotatable bonds is 3. The highest BCUT2D eigenvalue weighted by atomic mass is 79.9. The van der Waals surface area contributed by atoms with Crippen LogP contribution in [0.15, 0.2) is 47.3 Å². The Kier molecular flexibility index (Phi) is 5.14. The molecule has 1 aromatic carbocycles. The Balaban J connectivity index is 1.23. The number of nitrogens with two attached hydrogens (primary N) is 1. The summed E-state index contributed by atoms with van der Waals surface area (Å²) in [7, 11) is 0. The van der Waals surface area contributed by atoms with Gasteiger partial charge in [0.25, 0.3) is 0 Å².